The van der Waals surface area contributed by atoms with Crippen LogP contribution in [0.2, 0.25) is 0 Å². The molecule has 3 N–H and O–H groups in total. The number of ether oxygens (including phenoxy) is 4. The number of para-hydroxylation sites is 1. The molecule has 337 valence electrons. The van der Waals surface area contributed by atoms with Crippen molar-refractivity contribution in [1.29, 1.82) is 0 Å². The Kier molecular flexibility index (Phi) is 10.2. The third kappa shape index (κ3) is 5.70. The molecular formula is C50H63N4O9. The van der Waals surface area contributed by atoms with Gasteiger partial charge >= 0.3 is 17.9 Å². The number of carbonyl (C=O) groups is 3. The van der Waals surface area contributed by atoms with Crippen LogP contribution in [-0.4, -0.2) is 133 Å². The third-order valence-electron chi connectivity index (χ3n) is 17.0. The van der Waals surface area contributed by atoms with E-state index in [0.717, 1.165) is 46.3 Å². The number of nitrogens with one attached hydrogen (secondary N) is 1. The number of rotatable bonds is 8. The van der Waals surface area contributed by atoms with Crippen molar-refractivity contribution in [3.8, 4) is 5.75 Å². The number of anilines is 1. The molecule has 10 rings (SSSR count). The molecule has 63 heavy (non-hydrogen) atoms. The molecule has 0 amide bonds. The van der Waals surface area contributed by atoms with Crippen LogP contribution in [0.5, 0.6) is 5.75 Å². The van der Waals surface area contributed by atoms with Crippen molar-refractivity contribution in [2.75, 3.05) is 66.0 Å². The van der Waals surface area contributed by atoms with Crippen LogP contribution in [-0.2, 0) is 45.8 Å². The summed E-state index contributed by atoms with van der Waals surface area (Å²) in [6, 6.07) is 11.0. The summed E-state index contributed by atoms with van der Waals surface area (Å²) in [5.41, 5.74) is -1.81. The molecule has 3 aromatic rings. The lowest BCUT2D eigenvalue weighted by Crippen LogP contribution is -2.81. The molecule has 6 heterocycles. The van der Waals surface area contributed by atoms with Gasteiger partial charge in [0.2, 0.25) is 5.60 Å². The number of likely N-dealkylation sites (N-methyl/N-ethyl adjacent to an activating group) is 1. The average Bonchev–Trinajstić information content (AvgIpc) is 4.11. The number of hydrogen-bond donors (Lipinski definition) is 3. The van der Waals surface area contributed by atoms with Crippen molar-refractivity contribution in [1.82, 2.24) is 14.8 Å². The number of aliphatic hydroxyl groups is 2. The zero-order valence-corrected chi connectivity index (χ0v) is 37.6. The summed E-state index contributed by atoms with van der Waals surface area (Å²) in [5, 5.41) is 26.7. The maximum atomic E-state index is 15.4. The molecule has 2 aliphatic carbocycles. The third-order valence-corrected chi connectivity index (χ3v) is 17.0. The van der Waals surface area contributed by atoms with Gasteiger partial charge in [0, 0.05) is 84.0 Å². The van der Waals surface area contributed by atoms with E-state index in [0.29, 0.717) is 82.6 Å². The van der Waals surface area contributed by atoms with Crippen molar-refractivity contribution in [2.24, 2.45) is 17.3 Å². The van der Waals surface area contributed by atoms with E-state index in [4.69, 9.17) is 18.9 Å². The van der Waals surface area contributed by atoms with E-state index in [1.54, 1.807) is 7.11 Å². The van der Waals surface area contributed by atoms with Gasteiger partial charge in [0.25, 0.3) is 0 Å². The predicted molar refractivity (Wildman–Crippen MR) is 236 cm³/mol. The Morgan fingerprint density at radius 2 is 1.70 bits per heavy atom. The smallest absolute Gasteiger partial charge is 0.344 e. The Labute approximate surface area is 370 Å². The Morgan fingerprint density at radius 3 is 2.41 bits per heavy atom. The number of aromatic nitrogens is 1. The maximum Gasteiger partial charge on any atom is 0.344 e. The van der Waals surface area contributed by atoms with E-state index in [1.165, 1.54) is 14.2 Å². The van der Waals surface area contributed by atoms with Gasteiger partial charge in [-0.05, 0) is 87.1 Å². The highest BCUT2D eigenvalue weighted by atomic mass is 16.6. The van der Waals surface area contributed by atoms with E-state index < -0.39 is 51.5 Å². The topological polar surface area (TPSA) is 154 Å². The second-order valence-electron chi connectivity index (χ2n) is 19.7. The Morgan fingerprint density at radius 1 is 0.937 bits per heavy atom. The first-order chi connectivity index (χ1) is 30.3. The fourth-order valence-corrected chi connectivity index (χ4v) is 14.4. The number of esters is 3. The molecule has 7 aliphatic rings. The number of aromatic amines is 1. The summed E-state index contributed by atoms with van der Waals surface area (Å²) < 4.78 is 24.6. The molecule has 5 unspecified atom stereocenters. The van der Waals surface area contributed by atoms with Crippen LogP contribution >= 0.6 is 0 Å². The lowest BCUT2D eigenvalue weighted by molar-refractivity contribution is -0.231. The molecule has 1 radical (unpaired) electrons. The molecule has 1 aromatic heterocycles. The minimum atomic E-state index is -2.30. The number of methoxy groups -OCH3 is 3. The quantitative estimate of drug-likeness (QED) is 0.159. The number of H-pyrrole nitrogens is 1. The van der Waals surface area contributed by atoms with Crippen LogP contribution in [0.4, 0.5) is 5.69 Å². The van der Waals surface area contributed by atoms with Crippen LogP contribution in [0.25, 0.3) is 10.9 Å². The summed E-state index contributed by atoms with van der Waals surface area (Å²) in [6.07, 6.45) is 10.8. The van der Waals surface area contributed by atoms with E-state index in [-0.39, 0.29) is 30.3 Å². The Hall–Kier alpha value is -4.43. The van der Waals surface area contributed by atoms with Crippen LogP contribution in [0.3, 0.4) is 0 Å². The van der Waals surface area contributed by atoms with Crippen LogP contribution in [0, 0.1) is 23.7 Å². The molecule has 13 nitrogen and oxygen atoms in total. The van der Waals surface area contributed by atoms with Crippen LogP contribution in [0.15, 0.2) is 48.6 Å². The van der Waals surface area contributed by atoms with E-state index in [9.17, 15) is 19.8 Å². The number of fused-ring (bicyclic) bond motifs is 6. The largest absolute Gasteiger partial charge is 0.496 e. The molecular weight excluding hydrogens is 801 g/mol. The summed E-state index contributed by atoms with van der Waals surface area (Å²) >= 11 is 0. The monoisotopic (exact) mass is 863 g/mol. The Balaban J connectivity index is 1.25. The fourth-order valence-electron chi connectivity index (χ4n) is 14.4. The molecule has 1 spiro atoms. The Bertz CT molecular complexity index is 2380. The second kappa shape index (κ2) is 15.1. The maximum absolute atomic E-state index is 15.4. The van der Waals surface area contributed by atoms with Gasteiger partial charge in [-0.3, -0.25) is 19.4 Å². The van der Waals surface area contributed by atoms with E-state index in [1.807, 2.05) is 49.6 Å². The SMILES string of the molecule is CC[C@]1(O)[CH]C2CN(CCc3c([nH]c4ccccc34)[C@@](C(=O)OC)(c3cc4c(cc3OC)N(C)C3C45CCN4CC=C[C@](CC)(C45)[C@@H](OC(=O)C4CCCC4)[C@]3(O)C(=O)OC)C2)C1. The lowest BCUT2D eigenvalue weighted by Gasteiger charge is -2.63. The zero-order valence-electron chi connectivity index (χ0n) is 37.6. The lowest BCUT2D eigenvalue weighted by atomic mass is 9.47. The van der Waals surface area contributed by atoms with Crippen molar-refractivity contribution in [2.45, 2.75) is 112 Å². The molecule has 2 bridgehead atoms. The van der Waals surface area contributed by atoms with Gasteiger partial charge in [0.15, 0.2) is 6.10 Å². The molecule has 5 aliphatic heterocycles. The van der Waals surface area contributed by atoms with Gasteiger partial charge in [-0.1, -0.05) is 57.0 Å². The standard InChI is InChI=1S/C50H63N4O9/c1-7-46(58)26-30-27-49(44(56)61-5,39-33(18-22-53(28-30)29-46)32-16-11-12-17-36(32)51-39)35-24-34-37(25-38(35)60-4)52(3)42-48(34)20-23-54-21-13-19-47(8-2,41(48)54)43(50(42,59)45(57)62-6)63-40(55)31-14-9-10-15-31/h11-13,16-17,19,24-26,30-31,41-43,51,58-59H,7-10,14-15,18,20-23,27-29H2,1-6H3/t30?,41?,42?,43-,46+,47-,48?,49+,50+/m1/s1. The van der Waals surface area contributed by atoms with Crippen molar-refractivity contribution in [3.63, 3.8) is 0 Å². The van der Waals surface area contributed by atoms with Gasteiger partial charge < -0.3 is 39.0 Å². The fraction of sp³-hybridized carbons (Fsp3) is 0.600. The normalized spacial score (nSPS) is 37.0. The summed E-state index contributed by atoms with van der Waals surface area (Å²) in [5.74, 6) is -1.75. The van der Waals surface area contributed by atoms with Gasteiger partial charge in [-0.25, -0.2) is 4.79 Å². The van der Waals surface area contributed by atoms with Crippen molar-refractivity contribution >= 4 is 34.5 Å². The molecule has 10 atom stereocenters. The molecule has 2 aromatic carbocycles. The number of hydrogen-bond acceptors (Lipinski definition) is 12. The van der Waals surface area contributed by atoms with E-state index >= 15 is 4.79 Å². The number of carbonyl (C=O) groups excluding carboxylic acids is 3. The minimum absolute atomic E-state index is 0.223. The van der Waals surface area contributed by atoms with Crippen molar-refractivity contribution in [3.05, 3.63) is 77.4 Å². The summed E-state index contributed by atoms with van der Waals surface area (Å²) in [7, 11) is 6.22. The zero-order chi connectivity index (χ0) is 44.3. The number of benzene rings is 2. The number of piperidine rings is 1. The van der Waals surface area contributed by atoms with Crippen LogP contribution in [0.1, 0.15) is 87.6 Å². The van der Waals surface area contributed by atoms with Gasteiger partial charge in [-0.2, -0.15) is 0 Å². The van der Waals surface area contributed by atoms with Gasteiger partial charge in [-0.15, -0.1) is 0 Å². The van der Waals surface area contributed by atoms with E-state index in [2.05, 4.69) is 46.0 Å². The summed E-state index contributed by atoms with van der Waals surface area (Å²) in [6.45, 7) is 7.22. The van der Waals surface area contributed by atoms with Crippen molar-refractivity contribution < 1.29 is 43.5 Å². The number of nitrogens with zero attached hydrogens (tertiary/aromatic N) is 3. The molecule has 4 fully saturated rings. The molecule has 13 heteroatoms. The highest BCUT2D eigenvalue weighted by molar-refractivity contribution is 5.95. The highest BCUT2D eigenvalue weighted by Gasteiger charge is 2.80. The van der Waals surface area contributed by atoms with Crippen LogP contribution < -0.4 is 9.64 Å². The highest BCUT2D eigenvalue weighted by Crippen LogP contribution is 2.68. The second-order valence-corrected chi connectivity index (χ2v) is 19.7. The first-order valence-corrected chi connectivity index (χ1v) is 23.2. The predicted octanol–water partition coefficient (Wildman–Crippen LogP) is 4.98. The molecule has 2 saturated carbocycles. The van der Waals surface area contributed by atoms with Gasteiger partial charge in [0.05, 0.1) is 38.9 Å². The summed E-state index contributed by atoms with van der Waals surface area (Å²) in [4.78, 5) is 54.8. The first kappa shape index (κ1) is 42.5. The van der Waals surface area contributed by atoms with Gasteiger partial charge in [0.1, 0.15) is 11.2 Å². The average molecular weight is 864 g/mol. The minimum Gasteiger partial charge on any atom is -0.496 e. The molecule has 2 saturated heterocycles. The first-order valence-electron chi connectivity index (χ1n) is 23.2.